The van der Waals surface area contributed by atoms with Crippen LogP contribution in [-0.2, 0) is 9.47 Å². The van der Waals surface area contributed by atoms with Crippen molar-refractivity contribution in [3.63, 3.8) is 0 Å². The Morgan fingerprint density at radius 3 is 2.42 bits per heavy atom. The van der Waals surface area contributed by atoms with Crippen molar-refractivity contribution in [2.24, 2.45) is 0 Å². The van der Waals surface area contributed by atoms with Crippen LogP contribution in [0.5, 0.6) is 0 Å². The smallest absolute Gasteiger partial charge is 0.322 e. The van der Waals surface area contributed by atoms with Gasteiger partial charge in [0.2, 0.25) is 0 Å². The number of rotatable bonds is 7. The first-order chi connectivity index (χ1) is 9.17. The lowest BCUT2D eigenvalue weighted by Crippen LogP contribution is -2.39. The zero-order valence-electron chi connectivity index (χ0n) is 11.2. The first-order valence-corrected chi connectivity index (χ1v) is 5.96. The van der Waals surface area contributed by atoms with Gasteiger partial charge in [0.05, 0.1) is 13.2 Å². The van der Waals surface area contributed by atoms with E-state index in [0.717, 1.165) is 0 Å². The van der Waals surface area contributed by atoms with E-state index in [1.165, 1.54) is 12.1 Å². The molecule has 0 heterocycles. The molecule has 0 unspecified atom stereocenters. The fourth-order valence-corrected chi connectivity index (χ4v) is 1.49. The zero-order valence-corrected chi connectivity index (χ0v) is 11.2. The molecule has 0 saturated carbocycles. The van der Waals surface area contributed by atoms with Crippen LogP contribution in [0.1, 0.15) is 0 Å². The molecular formula is C13H19FN2O3. The maximum Gasteiger partial charge on any atom is 0.322 e. The highest BCUT2D eigenvalue weighted by molar-refractivity contribution is 5.89. The minimum Gasteiger partial charge on any atom is -0.383 e. The molecule has 5 nitrogen and oxygen atoms in total. The van der Waals surface area contributed by atoms with E-state index in [1.54, 1.807) is 31.3 Å². The average molecular weight is 270 g/mol. The summed E-state index contributed by atoms with van der Waals surface area (Å²) >= 11 is 0. The Balaban J connectivity index is 2.59. The molecule has 0 fully saturated rings. The first-order valence-electron chi connectivity index (χ1n) is 5.96. The third-order valence-corrected chi connectivity index (χ3v) is 2.49. The van der Waals surface area contributed by atoms with Crippen LogP contribution >= 0.6 is 0 Å². The number of carbonyl (C=O) groups is 1. The van der Waals surface area contributed by atoms with Crippen LogP contribution in [0, 0.1) is 5.82 Å². The van der Waals surface area contributed by atoms with Gasteiger partial charge in [-0.05, 0) is 18.2 Å². The van der Waals surface area contributed by atoms with E-state index in [4.69, 9.17) is 9.47 Å². The van der Waals surface area contributed by atoms with Crippen molar-refractivity contribution in [1.29, 1.82) is 0 Å². The van der Waals surface area contributed by atoms with Gasteiger partial charge in [0.1, 0.15) is 5.82 Å². The summed E-state index contributed by atoms with van der Waals surface area (Å²) in [5, 5.41) is 2.64. The molecular weight excluding hydrogens is 251 g/mol. The van der Waals surface area contributed by atoms with E-state index < -0.39 is 5.82 Å². The topological polar surface area (TPSA) is 50.8 Å². The Hall–Kier alpha value is -1.66. The number of carbonyl (C=O) groups excluding carboxylic acids is 1. The van der Waals surface area contributed by atoms with Gasteiger partial charge in [0, 0.05) is 33.0 Å². The molecule has 6 heteroatoms. The summed E-state index contributed by atoms with van der Waals surface area (Å²) in [5.74, 6) is -0.391. The van der Waals surface area contributed by atoms with Gasteiger partial charge in [-0.3, -0.25) is 0 Å². The number of ether oxygens (including phenoxy) is 2. The van der Waals surface area contributed by atoms with Gasteiger partial charge in [-0.25, -0.2) is 9.18 Å². The number of urea groups is 1. The molecule has 1 aromatic rings. The molecule has 1 N–H and O–H groups in total. The Bertz CT molecular complexity index is 393. The fourth-order valence-electron chi connectivity index (χ4n) is 1.49. The number of anilines is 1. The van der Waals surface area contributed by atoms with Gasteiger partial charge >= 0.3 is 6.03 Å². The number of amides is 2. The van der Waals surface area contributed by atoms with Crippen LogP contribution in [0.15, 0.2) is 24.3 Å². The Labute approximate surface area is 112 Å². The van der Waals surface area contributed by atoms with E-state index >= 15 is 0 Å². The molecule has 0 aliphatic heterocycles. The maximum atomic E-state index is 13.0. The van der Waals surface area contributed by atoms with E-state index in [0.29, 0.717) is 32.0 Å². The lowest BCUT2D eigenvalue weighted by Gasteiger charge is -2.22. The van der Waals surface area contributed by atoms with E-state index in [1.807, 2.05) is 0 Å². The predicted molar refractivity (Wildman–Crippen MR) is 70.7 cm³/mol. The molecule has 0 radical (unpaired) electrons. The molecule has 0 atom stereocenters. The van der Waals surface area contributed by atoms with Crippen molar-refractivity contribution >= 4 is 11.7 Å². The number of hydrogen-bond acceptors (Lipinski definition) is 3. The van der Waals surface area contributed by atoms with Crippen LogP contribution < -0.4 is 5.32 Å². The van der Waals surface area contributed by atoms with Gasteiger partial charge < -0.3 is 19.7 Å². The van der Waals surface area contributed by atoms with E-state index in [9.17, 15) is 9.18 Å². The van der Waals surface area contributed by atoms with Crippen LogP contribution in [0.25, 0.3) is 0 Å². The lowest BCUT2D eigenvalue weighted by atomic mass is 10.3. The number of halogens is 1. The van der Waals surface area contributed by atoms with Crippen LogP contribution in [0.4, 0.5) is 14.9 Å². The number of nitrogens with one attached hydrogen (secondary N) is 1. The molecule has 0 aromatic heterocycles. The summed E-state index contributed by atoms with van der Waals surface area (Å²) in [6.45, 7) is 1.75. The number of hydrogen-bond donors (Lipinski definition) is 1. The van der Waals surface area contributed by atoms with Crippen molar-refractivity contribution < 1.29 is 18.7 Å². The summed E-state index contributed by atoms with van der Waals surface area (Å²) < 4.78 is 22.9. The van der Waals surface area contributed by atoms with Crippen LogP contribution in [0.3, 0.4) is 0 Å². The summed E-state index contributed by atoms with van der Waals surface area (Å²) in [4.78, 5) is 13.6. The van der Waals surface area contributed by atoms with Crippen molar-refractivity contribution in [1.82, 2.24) is 4.90 Å². The molecule has 0 spiro atoms. The SMILES string of the molecule is COCCN(CCOC)C(=O)Nc1cccc(F)c1. The summed E-state index contributed by atoms with van der Waals surface area (Å²) in [6, 6.07) is 5.46. The summed E-state index contributed by atoms with van der Waals surface area (Å²) in [5.41, 5.74) is 0.421. The number of benzene rings is 1. The second kappa shape index (κ2) is 8.44. The largest absolute Gasteiger partial charge is 0.383 e. The fraction of sp³-hybridized carbons (Fsp3) is 0.462. The Morgan fingerprint density at radius 2 is 1.89 bits per heavy atom. The molecule has 2 amide bonds. The standard InChI is InChI=1S/C13H19FN2O3/c1-18-8-6-16(7-9-19-2)13(17)15-12-5-3-4-11(14)10-12/h3-5,10H,6-9H2,1-2H3,(H,15,17). The van der Waals surface area contributed by atoms with Gasteiger partial charge in [-0.15, -0.1) is 0 Å². The van der Waals surface area contributed by atoms with E-state index in [-0.39, 0.29) is 6.03 Å². The zero-order chi connectivity index (χ0) is 14.1. The lowest BCUT2D eigenvalue weighted by molar-refractivity contribution is 0.127. The molecule has 0 aliphatic rings. The minimum absolute atomic E-state index is 0.306. The summed E-state index contributed by atoms with van der Waals surface area (Å²) in [7, 11) is 3.14. The van der Waals surface area contributed by atoms with E-state index in [2.05, 4.69) is 5.32 Å². The second-order valence-corrected chi connectivity index (χ2v) is 3.91. The third kappa shape index (κ3) is 5.67. The van der Waals surface area contributed by atoms with Crippen molar-refractivity contribution in [3.8, 4) is 0 Å². The van der Waals surface area contributed by atoms with Gasteiger partial charge in [-0.1, -0.05) is 6.07 Å². The highest BCUT2D eigenvalue weighted by atomic mass is 19.1. The highest BCUT2D eigenvalue weighted by Crippen LogP contribution is 2.10. The normalized spacial score (nSPS) is 10.3. The summed E-state index contributed by atoms with van der Waals surface area (Å²) in [6.07, 6.45) is 0. The molecule has 1 rings (SSSR count). The Kier molecular flexibility index (Phi) is 6.84. The van der Waals surface area contributed by atoms with Crippen molar-refractivity contribution in [2.75, 3.05) is 45.8 Å². The monoisotopic (exact) mass is 270 g/mol. The second-order valence-electron chi connectivity index (χ2n) is 3.91. The van der Waals surface area contributed by atoms with Crippen molar-refractivity contribution in [2.45, 2.75) is 0 Å². The first kappa shape index (κ1) is 15.4. The molecule has 0 bridgehead atoms. The quantitative estimate of drug-likeness (QED) is 0.824. The van der Waals surface area contributed by atoms with Gasteiger partial charge in [0.25, 0.3) is 0 Å². The highest BCUT2D eigenvalue weighted by Gasteiger charge is 2.13. The molecule has 1 aromatic carbocycles. The third-order valence-electron chi connectivity index (χ3n) is 2.49. The molecule has 106 valence electrons. The number of nitrogens with zero attached hydrogens (tertiary/aromatic N) is 1. The van der Waals surface area contributed by atoms with Crippen LogP contribution in [0.2, 0.25) is 0 Å². The molecule has 0 saturated heterocycles. The van der Waals surface area contributed by atoms with Crippen LogP contribution in [-0.4, -0.2) is 51.5 Å². The maximum absolute atomic E-state index is 13.0. The predicted octanol–water partition coefficient (Wildman–Crippen LogP) is 1.95. The van der Waals surface area contributed by atoms with Gasteiger partial charge in [0.15, 0.2) is 0 Å². The minimum atomic E-state index is -0.391. The van der Waals surface area contributed by atoms with Gasteiger partial charge in [-0.2, -0.15) is 0 Å². The molecule has 0 aliphatic carbocycles. The number of methoxy groups -OCH3 is 2. The molecule has 19 heavy (non-hydrogen) atoms. The Morgan fingerprint density at radius 1 is 1.26 bits per heavy atom. The van der Waals surface area contributed by atoms with Crippen molar-refractivity contribution in [3.05, 3.63) is 30.1 Å². The average Bonchev–Trinajstić information content (AvgIpc) is 2.38.